The molecule has 1 saturated heterocycles. The van der Waals surface area contributed by atoms with Crippen LogP contribution in [-0.4, -0.2) is 42.7 Å². The molecular formula is C11H22N2OS. The van der Waals surface area contributed by atoms with Crippen molar-refractivity contribution in [2.24, 2.45) is 11.7 Å². The highest BCUT2D eigenvalue weighted by Crippen LogP contribution is 2.20. The molecule has 0 aliphatic carbocycles. The topological polar surface area (TPSA) is 38.5 Å². The number of hydrogen-bond donors (Lipinski definition) is 1. The van der Waals surface area contributed by atoms with E-state index in [2.05, 4.69) is 11.8 Å². The van der Waals surface area contributed by atoms with E-state index < -0.39 is 0 Å². The minimum Gasteiger partial charge on any atom is -0.392 e. The van der Waals surface area contributed by atoms with Gasteiger partial charge in [-0.3, -0.25) is 4.90 Å². The SMILES string of the molecule is CCC(C(N)=S)N1CCCC(COC)C1. The number of nitrogens with zero attached hydrogens (tertiary/aromatic N) is 1. The molecule has 2 N–H and O–H groups in total. The van der Waals surface area contributed by atoms with Gasteiger partial charge in [0.25, 0.3) is 0 Å². The summed E-state index contributed by atoms with van der Waals surface area (Å²) in [6.07, 6.45) is 3.50. The molecular weight excluding hydrogens is 208 g/mol. The molecule has 1 heterocycles. The lowest BCUT2D eigenvalue weighted by atomic mass is 9.97. The van der Waals surface area contributed by atoms with Gasteiger partial charge in [0.1, 0.15) is 0 Å². The summed E-state index contributed by atoms with van der Waals surface area (Å²) >= 11 is 5.11. The van der Waals surface area contributed by atoms with Crippen LogP contribution in [0.3, 0.4) is 0 Å². The van der Waals surface area contributed by atoms with Gasteiger partial charge in [-0.05, 0) is 31.7 Å². The zero-order valence-electron chi connectivity index (χ0n) is 9.74. The standard InChI is InChI=1S/C11H22N2OS/c1-3-10(11(12)15)13-6-4-5-9(7-13)8-14-2/h9-10H,3-8H2,1-2H3,(H2,12,15). The second-order valence-electron chi connectivity index (χ2n) is 4.28. The quantitative estimate of drug-likeness (QED) is 0.725. The largest absolute Gasteiger partial charge is 0.392 e. The van der Waals surface area contributed by atoms with Crippen LogP contribution in [0.1, 0.15) is 26.2 Å². The van der Waals surface area contributed by atoms with E-state index in [0.717, 1.165) is 26.1 Å². The summed E-state index contributed by atoms with van der Waals surface area (Å²) in [6.45, 7) is 5.19. The van der Waals surface area contributed by atoms with Gasteiger partial charge in [0.2, 0.25) is 0 Å². The number of methoxy groups -OCH3 is 1. The number of ether oxygens (including phenoxy) is 1. The zero-order chi connectivity index (χ0) is 11.3. The summed E-state index contributed by atoms with van der Waals surface area (Å²) in [5.74, 6) is 0.646. The summed E-state index contributed by atoms with van der Waals surface area (Å²) in [5, 5.41) is 0. The van der Waals surface area contributed by atoms with Crippen molar-refractivity contribution in [3.05, 3.63) is 0 Å². The van der Waals surface area contributed by atoms with Crippen LogP contribution in [-0.2, 0) is 4.74 Å². The van der Waals surface area contributed by atoms with Crippen LogP contribution in [0.4, 0.5) is 0 Å². The first-order chi connectivity index (χ1) is 7.19. The fourth-order valence-electron chi connectivity index (χ4n) is 2.39. The van der Waals surface area contributed by atoms with Crippen LogP contribution in [0.25, 0.3) is 0 Å². The molecule has 2 unspecified atom stereocenters. The Hall–Kier alpha value is -0.190. The Labute approximate surface area is 98.0 Å². The molecule has 15 heavy (non-hydrogen) atoms. The Morgan fingerprint density at radius 2 is 2.40 bits per heavy atom. The van der Waals surface area contributed by atoms with Gasteiger partial charge in [-0.15, -0.1) is 0 Å². The molecule has 0 amide bonds. The van der Waals surface area contributed by atoms with Crippen molar-refractivity contribution in [3.8, 4) is 0 Å². The highest BCUT2D eigenvalue weighted by atomic mass is 32.1. The highest BCUT2D eigenvalue weighted by Gasteiger charge is 2.26. The predicted molar refractivity (Wildman–Crippen MR) is 67.0 cm³/mol. The molecule has 2 atom stereocenters. The maximum absolute atomic E-state index is 5.76. The molecule has 1 aliphatic rings. The molecule has 0 spiro atoms. The fraction of sp³-hybridized carbons (Fsp3) is 0.909. The van der Waals surface area contributed by atoms with Gasteiger partial charge in [-0.25, -0.2) is 0 Å². The maximum atomic E-state index is 5.76. The molecule has 0 radical (unpaired) electrons. The Morgan fingerprint density at radius 1 is 1.67 bits per heavy atom. The van der Waals surface area contributed by atoms with E-state index in [9.17, 15) is 0 Å². The van der Waals surface area contributed by atoms with Gasteiger partial charge in [-0.2, -0.15) is 0 Å². The summed E-state index contributed by atoms with van der Waals surface area (Å²) in [4.78, 5) is 3.05. The molecule has 3 nitrogen and oxygen atoms in total. The summed E-state index contributed by atoms with van der Waals surface area (Å²) in [7, 11) is 1.77. The van der Waals surface area contributed by atoms with Crippen molar-refractivity contribution >= 4 is 17.2 Å². The van der Waals surface area contributed by atoms with E-state index in [0.29, 0.717) is 10.9 Å². The maximum Gasteiger partial charge on any atom is 0.0901 e. The molecule has 0 aromatic heterocycles. The third kappa shape index (κ3) is 3.70. The third-order valence-corrected chi connectivity index (χ3v) is 3.38. The molecule has 1 rings (SSSR count). The van der Waals surface area contributed by atoms with Crippen LogP contribution in [0.5, 0.6) is 0 Å². The molecule has 0 bridgehead atoms. The second-order valence-corrected chi connectivity index (χ2v) is 4.76. The van der Waals surface area contributed by atoms with Crippen LogP contribution >= 0.6 is 12.2 Å². The van der Waals surface area contributed by atoms with Crippen molar-refractivity contribution in [2.75, 3.05) is 26.8 Å². The second kappa shape index (κ2) is 6.40. The zero-order valence-corrected chi connectivity index (χ0v) is 10.6. The van der Waals surface area contributed by atoms with Gasteiger partial charge in [0.05, 0.1) is 17.6 Å². The van der Waals surface area contributed by atoms with E-state index in [-0.39, 0.29) is 6.04 Å². The highest BCUT2D eigenvalue weighted by molar-refractivity contribution is 7.80. The summed E-state index contributed by atoms with van der Waals surface area (Å²) in [6, 6.07) is 0.277. The van der Waals surface area contributed by atoms with Gasteiger partial charge in [-0.1, -0.05) is 19.1 Å². The molecule has 1 fully saturated rings. The average molecular weight is 230 g/mol. The molecule has 0 aromatic rings. The number of piperidine rings is 1. The Kier molecular flexibility index (Phi) is 5.50. The number of thiocarbonyl (C=S) groups is 1. The fourth-order valence-corrected chi connectivity index (χ4v) is 2.71. The van der Waals surface area contributed by atoms with Crippen molar-refractivity contribution in [1.82, 2.24) is 4.90 Å². The van der Waals surface area contributed by atoms with Gasteiger partial charge in [0, 0.05) is 13.7 Å². The van der Waals surface area contributed by atoms with Crippen molar-refractivity contribution in [1.29, 1.82) is 0 Å². The summed E-state index contributed by atoms with van der Waals surface area (Å²) in [5.41, 5.74) is 5.76. The monoisotopic (exact) mass is 230 g/mol. The van der Waals surface area contributed by atoms with E-state index in [1.165, 1.54) is 12.8 Å². The normalized spacial score (nSPS) is 25.1. The average Bonchev–Trinajstić information content (AvgIpc) is 2.19. The lowest BCUT2D eigenvalue weighted by Crippen LogP contribution is -2.48. The van der Waals surface area contributed by atoms with Crippen LogP contribution < -0.4 is 5.73 Å². The Morgan fingerprint density at radius 3 is 2.93 bits per heavy atom. The van der Waals surface area contributed by atoms with Gasteiger partial charge >= 0.3 is 0 Å². The minimum atomic E-state index is 0.277. The van der Waals surface area contributed by atoms with Crippen molar-refractivity contribution in [2.45, 2.75) is 32.2 Å². The van der Waals surface area contributed by atoms with Crippen LogP contribution in [0.2, 0.25) is 0 Å². The van der Waals surface area contributed by atoms with E-state index in [1.807, 2.05) is 0 Å². The predicted octanol–water partition coefficient (Wildman–Crippen LogP) is 1.41. The molecule has 88 valence electrons. The number of rotatable bonds is 5. The first kappa shape index (κ1) is 12.9. The van der Waals surface area contributed by atoms with Gasteiger partial charge in [0.15, 0.2) is 0 Å². The van der Waals surface area contributed by atoms with Crippen LogP contribution in [0, 0.1) is 5.92 Å². The lowest BCUT2D eigenvalue weighted by molar-refractivity contribution is 0.0813. The molecule has 0 aromatic carbocycles. The first-order valence-corrected chi connectivity index (χ1v) is 6.12. The third-order valence-electron chi connectivity index (χ3n) is 3.11. The number of hydrogen-bond acceptors (Lipinski definition) is 3. The minimum absolute atomic E-state index is 0.277. The van der Waals surface area contributed by atoms with E-state index in [4.69, 9.17) is 22.7 Å². The molecule has 4 heteroatoms. The Bertz CT molecular complexity index is 209. The Balaban J connectivity index is 2.50. The van der Waals surface area contributed by atoms with E-state index >= 15 is 0 Å². The smallest absolute Gasteiger partial charge is 0.0901 e. The number of likely N-dealkylation sites (tertiary alicyclic amines) is 1. The van der Waals surface area contributed by atoms with Crippen molar-refractivity contribution < 1.29 is 4.74 Å². The number of nitrogens with two attached hydrogens (primary N) is 1. The van der Waals surface area contributed by atoms with Crippen LogP contribution in [0.15, 0.2) is 0 Å². The summed E-state index contributed by atoms with van der Waals surface area (Å²) < 4.78 is 5.21. The molecule has 1 aliphatic heterocycles. The van der Waals surface area contributed by atoms with E-state index in [1.54, 1.807) is 7.11 Å². The van der Waals surface area contributed by atoms with Crippen molar-refractivity contribution in [3.63, 3.8) is 0 Å². The molecule has 0 saturated carbocycles. The van der Waals surface area contributed by atoms with Gasteiger partial charge < -0.3 is 10.5 Å². The lowest BCUT2D eigenvalue weighted by Gasteiger charge is -2.37. The first-order valence-electron chi connectivity index (χ1n) is 5.71.